The molecule has 1 amide bonds. The van der Waals surface area contributed by atoms with E-state index in [9.17, 15) is 9.18 Å². The van der Waals surface area contributed by atoms with E-state index in [-0.39, 0.29) is 18.3 Å². The summed E-state index contributed by atoms with van der Waals surface area (Å²) in [5, 5.41) is 7.12. The molecule has 0 radical (unpaired) electrons. The number of anilines is 1. The minimum atomic E-state index is -0.354. The molecule has 3 rings (SSSR count). The molecular formula is C22H22FN3O3. The van der Waals surface area contributed by atoms with Gasteiger partial charge in [0.25, 0.3) is 5.91 Å². The summed E-state index contributed by atoms with van der Waals surface area (Å²) in [4.78, 5) is 12.4. The third-order valence-electron chi connectivity index (χ3n) is 4.08. The number of aryl methyl sites for hydroxylation is 1. The number of ether oxygens (including phenoxy) is 2. The Labute approximate surface area is 168 Å². The van der Waals surface area contributed by atoms with Crippen LogP contribution in [-0.4, -0.2) is 29.4 Å². The Hall–Kier alpha value is -3.61. The molecule has 3 aromatic rings. The van der Waals surface area contributed by atoms with Crippen LogP contribution in [0.3, 0.4) is 0 Å². The molecule has 0 fully saturated rings. The number of hydrogen-bond donors (Lipinski definition) is 1. The molecule has 0 unspecified atom stereocenters. The number of aromatic nitrogens is 2. The van der Waals surface area contributed by atoms with Crippen molar-refractivity contribution in [3.8, 4) is 17.2 Å². The quantitative estimate of drug-likeness (QED) is 0.645. The van der Waals surface area contributed by atoms with Gasteiger partial charge in [-0.1, -0.05) is 18.2 Å². The maximum absolute atomic E-state index is 13.2. The Balaban J connectivity index is 1.70. The van der Waals surface area contributed by atoms with Crippen LogP contribution in [0.25, 0.3) is 11.8 Å². The Bertz CT molecular complexity index is 1030. The fourth-order valence-corrected chi connectivity index (χ4v) is 2.79. The Kier molecular flexibility index (Phi) is 6.29. The van der Waals surface area contributed by atoms with E-state index in [1.165, 1.54) is 12.1 Å². The predicted molar refractivity (Wildman–Crippen MR) is 110 cm³/mol. The highest BCUT2D eigenvalue weighted by Gasteiger charge is 2.13. The summed E-state index contributed by atoms with van der Waals surface area (Å²) in [5.74, 6) is 0.789. The van der Waals surface area contributed by atoms with Crippen LogP contribution in [0, 0.1) is 12.7 Å². The summed E-state index contributed by atoms with van der Waals surface area (Å²) in [6.45, 7) is 3.54. The molecule has 0 spiro atoms. The number of carbonyl (C=O) groups excluding carboxylic acids is 1. The number of hydrogen-bond acceptors (Lipinski definition) is 4. The Morgan fingerprint density at radius 1 is 1.17 bits per heavy atom. The molecule has 0 aliphatic heterocycles. The van der Waals surface area contributed by atoms with Crippen molar-refractivity contribution in [3.05, 3.63) is 71.7 Å². The van der Waals surface area contributed by atoms with Crippen molar-refractivity contribution in [2.75, 3.05) is 19.0 Å². The maximum atomic E-state index is 13.2. The molecule has 1 N–H and O–H groups in total. The van der Waals surface area contributed by atoms with Crippen LogP contribution in [0.5, 0.6) is 11.5 Å². The monoisotopic (exact) mass is 395 g/mol. The van der Waals surface area contributed by atoms with Crippen LogP contribution < -0.4 is 14.8 Å². The largest absolute Gasteiger partial charge is 0.493 e. The number of amides is 1. The molecule has 29 heavy (non-hydrogen) atoms. The zero-order valence-electron chi connectivity index (χ0n) is 16.5. The summed E-state index contributed by atoms with van der Waals surface area (Å²) in [7, 11) is 1.55. The van der Waals surface area contributed by atoms with E-state index in [0.29, 0.717) is 28.7 Å². The predicted octanol–water partition coefficient (Wildman–Crippen LogP) is 4.38. The van der Waals surface area contributed by atoms with E-state index < -0.39 is 0 Å². The SMILES string of the molecule is C/C=C/c1ccc(OCC(=O)Nc2cc(C)nn2-c2ccc(F)cc2)c(OC)c1. The van der Waals surface area contributed by atoms with Crippen molar-refractivity contribution in [2.45, 2.75) is 13.8 Å². The van der Waals surface area contributed by atoms with Crippen molar-refractivity contribution < 1.29 is 18.7 Å². The first-order valence-corrected chi connectivity index (χ1v) is 9.06. The zero-order valence-corrected chi connectivity index (χ0v) is 16.5. The van der Waals surface area contributed by atoms with Gasteiger partial charge in [-0.2, -0.15) is 5.10 Å². The standard InChI is InChI=1S/C22H22FN3O3/c1-4-5-16-6-11-19(20(13-16)28-3)29-14-22(27)24-21-12-15(2)25-26(21)18-9-7-17(23)8-10-18/h4-13H,14H2,1-3H3,(H,24,27)/b5-4+. The minimum Gasteiger partial charge on any atom is -0.493 e. The average Bonchev–Trinajstić information content (AvgIpc) is 3.07. The van der Waals surface area contributed by atoms with Crippen LogP contribution in [0.4, 0.5) is 10.2 Å². The molecule has 0 saturated heterocycles. The van der Waals surface area contributed by atoms with Crippen molar-refractivity contribution in [1.29, 1.82) is 0 Å². The molecule has 6 nitrogen and oxygen atoms in total. The molecule has 7 heteroatoms. The summed E-state index contributed by atoms with van der Waals surface area (Å²) in [5.41, 5.74) is 2.32. The number of carbonyl (C=O) groups is 1. The van der Waals surface area contributed by atoms with E-state index in [1.807, 2.05) is 38.1 Å². The topological polar surface area (TPSA) is 65.4 Å². The second kappa shape index (κ2) is 9.05. The fraction of sp³-hybridized carbons (Fsp3) is 0.182. The third kappa shape index (κ3) is 5.01. The van der Waals surface area contributed by atoms with Gasteiger partial charge in [0.05, 0.1) is 18.5 Å². The summed E-state index contributed by atoms with van der Waals surface area (Å²) < 4.78 is 25.7. The zero-order chi connectivity index (χ0) is 20.8. The smallest absolute Gasteiger partial charge is 0.263 e. The van der Waals surface area contributed by atoms with E-state index in [0.717, 1.165) is 5.56 Å². The van der Waals surface area contributed by atoms with Gasteiger partial charge in [0.1, 0.15) is 11.6 Å². The second-order valence-corrected chi connectivity index (χ2v) is 6.31. The van der Waals surface area contributed by atoms with E-state index in [1.54, 1.807) is 36.1 Å². The minimum absolute atomic E-state index is 0.201. The van der Waals surface area contributed by atoms with Gasteiger partial charge in [0, 0.05) is 6.07 Å². The lowest BCUT2D eigenvalue weighted by Gasteiger charge is -2.12. The van der Waals surface area contributed by atoms with Gasteiger partial charge >= 0.3 is 0 Å². The summed E-state index contributed by atoms with van der Waals surface area (Å²) >= 11 is 0. The third-order valence-corrected chi connectivity index (χ3v) is 4.08. The number of methoxy groups -OCH3 is 1. The first-order chi connectivity index (χ1) is 14.0. The first kappa shape index (κ1) is 20.1. The van der Waals surface area contributed by atoms with E-state index >= 15 is 0 Å². The van der Waals surface area contributed by atoms with Gasteiger partial charge in [-0.25, -0.2) is 9.07 Å². The molecule has 0 bridgehead atoms. The molecule has 150 valence electrons. The van der Waals surface area contributed by atoms with Gasteiger partial charge in [0.15, 0.2) is 18.1 Å². The number of halogens is 1. The van der Waals surface area contributed by atoms with Crippen molar-refractivity contribution in [3.63, 3.8) is 0 Å². The van der Waals surface area contributed by atoms with Gasteiger partial charge in [-0.05, 0) is 55.8 Å². The van der Waals surface area contributed by atoms with Crippen LogP contribution >= 0.6 is 0 Å². The number of nitrogens with zero attached hydrogens (tertiary/aromatic N) is 2. The number of benzene rings is 2. The Morgan fingerprint density at radius 3 is 2.62 bits per heavy atom. The number of allylic oxidation sites excluding steroid dienone is 1. The van der Waals surface area contributed by atoms with Crippen molar-refractivity contribution in [2.24, 2.45) is 0 Å². The van der Waals surface area contributed by atoms with Crippen LogP contribution in [0.15, 0.2) is 54.6 Å². The van der Waals surface area contributed by atoms with Crippen LogP contribution in [0.1, 0.15) is 18.2 Å². The summed E-state index contributed by atoms with van der Waals surface area (Å²) in [6.07, 6.45) is 3.87. The maximum Gasteiger partial charge on any atom is 0.263 e. The van der Waals surface area contributed by atoms with Gasteiger partial charge in [-0.15, -0.1) is 0 Å². The molecular weight excluding hydrogens is 373 g/mol. The lowest BCUT2D eigenvalue weighted by Crippen LogP contribution is -2.22. The fourth-order valence-electron chi connectivity index (χ4n) is 2.79. The van der Waals surface area contributed by atoms with Crippen molar-refractivity contribution >= 4 is 17.8 Å². The van der Waals surface area contributed by atoms with Crippen LogP contribution in [-0.2, 0) is 4.79 Å². The highest BCUT2D eigenvalue weighted by atomic mass is 19.1. The molecule has 0 aliphatic rings. The molecule has 0 saturated carbocycles. The van der Waals surface area contributed by atoms with E-state index in [2.05, 4.69) is 10.4 Å². The Morgan fingerprint density at radius 2 is 1.93 bits per heavy atom. The van der Waals surface area contributed by atoms with Crippen LogP contribution in [0.2, 0.25) is 0 Å². The highest BCUT2D eigenvalue weighted by Crippen LogP contribution is 2.28. The molecule has 2 aromatic carbocycles. The molecule has 0 aliphatic carbocycles. The lowest BCUT2D eigenvalue weighted by molar-refractivity contribution is -0.118. The van der Waals surface area contributed by atoms with Crippen molar-refractivity contribution in [1.82, 2.24) is 9.78 Å². The van der Waals surface area contributed by atoms with E-state index in [4.69, 9.17) is 9.47 Å². The van der Waals surface area contributed by atoms with Gasteiger partial charge in [0.2, 0.25) is 0 Å². The normalized spacial score (nSPS) is 10.9. The summed E-state index contributed by atoms with van der Waals surface area (Å²) in [6, 6.07) is 13.1. The molecule has 1 heterocycles. The van der Waals surface area contributed by atoms with Gasteiger partial charge in [-0.3, -0.25) is 4.79 Å². The number of rotatable bonds is 7. The lowest BCUT2D eigenvalue weighted by atomic mass is 10.2. The number of nitrogens with one attached hydrogen (secondary N) is 1. The first-order valence-electron chi connectivity index (χ1n) is 9.06. The molecule has 1 aromatic heterocycles. The second-order valence-electron chi connectivity index (χ2n) is 6.31. The average molecular weight is 395 g/mol. The van der Waals surface area contributed by atoms with Gasteiger partial charge < -0.3 is 14.8 Å². The highest BCUT2D eigenvalue weighted by molar-refractivity contribution is 5.91. The molecule has 0 atom stereocenters.